The van der Waals surface area contributed by atoms with Gasteiger partial charge >= 0.3 is 0 Å². The van der Waals surface area contributed by atoms with Crippen molar-refractivity contribution in [1.29, 1.82) is 0 Å². The SMILES string of the molecule is CNCC1(CN2CCN(c3nccs3)CC2)CCCCC1. The molecule has 0 aromatic carbocycles. The molecular weight excluding hydrogens is 280 g/mol. The zero-order chi connectivity index (χ0) is 14.5. The molecule has 1 aromatic heterocycles. The second-order valence-corrected chi connectivity index (χ2v) is 7.54. The highest BCUT2D eigenvalue weighted by Crippen LogP contribution is 2.36. The fourth-order valence-corrected chi connectivity index (χ4v) is 4.71. The molecule has 1 saturated carbocycles. The molecule has 0 bridgehead atoms. The number of hydrogen-bond acceptors (Lipinski definition) is 5. The second-order valence-electron chi connectivity index (χ2n) is 6.67. The van der Waals surface area contributed by atoms with Crippen LogP contribution >= 0.6 is 11.3 Å². The van der Waals surface area contributed by atoms with E-state index >= 15 is 0 Å². The van der Waals surface area contributed by atoms with Gasteiger partial charge in [-0.2, -0.15) is 0 Å². The Morgan fingerprint density at radius 2 is 1.95 bits per heavy atom. The lowest BCUT2D eigenvalue weighted by atomic mass is 9.73. The summed E-state index contributed by atoms with van der Waals surface area (Å²) in [5.41, 5.74) is 0.524. The third kappa shape index (κ3) is 3.76. The van der Waals surface area contributed by atoms with Gasteiger partial charge in [0.25, 0.3) is 0 Å². The lowest BCUT2D eigenvalue weighted by molar-refractivity contribution is 0.100. The Balaban J connectivity index is 1.53. The molecule has 2 aliphatic rings. The van der Waals surface area contributed by atoms with Crippen LogP contribution in [0, 0.1) is 5.41 Å². The molecule has 0 spiro atoms. The van der Waals surface area contributed by atoms with Crippen LogP contribution in [0.2, 0.25) is 0 Å². The summed E-state index contributed by atoms with van der Waals surface area (Å²) >= 11 is 1.76. The van der Waals surface area contributed by atoms with Gasteiger partial charge in [-0.1, -0.05) is 19.3 Å². The number of nitrogens with zero attached hydrogens (tertiary/aromatic N) is 3. The Morgan fingerprint density at radius 1 is 1.19 bits per heavy atom. The molecule has 2 fully saturated rings. The molecule has 21 heavy (non-hydrogen) atoms. The summed E-state index contributed by atoms with van der Waals surface area (Å²) in [6.45, 7) is 7.08. The van der Waals surface area contributed by atoms with Gasteiger partial charge in [0.05, 0.1) is 0 Å². The van der Waals surface area contributed by atoms with Crippen molar-refractivity contribution in [3.05, 3.63) is 11.6 Å². The largest absolute Gasteiger partial charge is 0.346 e. The fraction of sp³-hybridized carbons (Fsp3) is 0.812. The van der Waals surface area contributed by atoms with Crippen molar-refractivity contribution in [2.45, 2.75) is 32.1 Å². The van der Waals surface area contributed by atoms with Crippen molar-refractivity contribution in [3.8, 4) is 0 Å². The standard InChI is InChI=1S/C16H28N4S/c1-17-13-16(5-3-2-4-6-16)14-19-8-10-20(11-9-19)15-18-7-12-21-15/h7,12,17H,2-6,8-11,13-14H2,1H3. The Bertz CT molecular complexity index is 400. The van der Waals surface area contributed by atoms with Gasteiger partial charge in [-0.05, 0) is 25.3 Å². The first-order chi connectivity index (χ1) is 10.3. The topological polar surface area (TPSA) is 31.4 Å². The highest BCUT2D eigenvalue weighted by molar-refractivity contribution is 7.13. The predicted molar refractivity (Wildman–Crippen MR) is 90.2 cm³/mol. The average molecular weight is 308 g/mol. The summed E-state index contributed by atoms with van der Waals surface area (Å²) in [4.78, 5) is 9.56. The van der Waals surface area contributed by atoms with Crippen molar-refractivity contribution < 1.29 is 0 Å². The van der Waals surface area contributed by atoms with E-state index in [1.54, 1.807) is 11.3 Å². The van der Waals surface area contributed by atoms with Gasteiger partial charge in [0.2, 0.25) is 0 Å². The van der Waals surface area contributed by atoms with E-state index < -0.39 is 0 Å². The quantitative estimate of drug-likeness (QED) is 0.905. The third-order valence-corrected chi connectivity index (χ3v) is 5.92. The zero-order valence-corrected chi connectivity index (χ0v) is 14.0. The minimum atomic E-state index is 0.524. The molecule has 1 aliphatic heterocycles. The molecule has 0 amide bonds. The Hall–Kier alpha value is -0.650. The van der Waals surface area contributed by atoms with E-state index in [0.29, 0.717) is 5.41 Å². The highest BCUT2D eigenvalue weighted by atomic mass is 32.1. The van der Waals surface area contributed by atoms with Crippen molar-refractivity contribution in [2.24, 2.45) is 5.41 Å². The molecule has 0 atom stereocenters. The molecule has 4 nitrogen and oxygen atoms in total. The van der Waals surface area contributed by atoms with E-state index in [-0.39, 0.29) is 0 Å². The van der Waals surface area contributed by atoms with Crippen LogP contribution in [0.3, 0.4) is 0 Å². The Morgan fingerprint density at radius 3 is 2.57 bits per heavy atom. The van der Waals surface area contributed by atoms with Gasteiger partial charge < -0.3 is 10.2 Å². The minimum absolute atomic E-state index is 0.524. The van der Waals surface area contributed by atoms with Gasteiger partial charge in [-0.25, -0.2) is 4.98 Å². The molecule has 3 rings (SSSR count). The molecule has 1 aromatic rings. The number of piperazine rings is 1. The van der Waals surface area contributed by atoms with Gasteiger partial charge in [-0.3, -0.25) is 4.90 Å². The number of rotatable bonds is 5. The smallest absolute Gasteiger partial charge is 0.185 e. The number of hydrogen-bond donors (Lipinski definition) is 1. The highest BCUT2D eigenvalue weighted by Gasteiger charge is 2.34. The van der Waals surface area contributed by atoms with E-state index in [1.165, 1.54) is 63.4 Å². The predicted octanol–water partition coefficient (Wildman–Crippen LogP) is 2.43. The molecular formula is C16H28N4S. The number of thiazole rings is 1. The van der Waals surface area contributed by atoms with E-state index in [0.717, 1.165) is 13.1 Å². The van der Waals surface area contributed by atoms with Crippen molar-refractivity contribution in [1.82, 2.24) is 15.2 Å². The van der Waals surface area contributed by atoms with Crippen LogP contribution in [-0.4, -0.2) is 56.2 Å². The lowest BCUT2D eigenvalue weighted by Gasteiger charge is -2.44. The molecule has 2 heterocycles. The van der Waals surface area contributed by atoms with Gasteiger partial charge in [0.15, 0.2) is 5.13 Å². The molecule has 0 unspecified atom stereocenters. The fourth-order valence-electron chi connectivity index (χ4n) is 4.01. The first kappa shape index (κ1) is 15.3. The molecule has 1 N–H and O–H groups in total. The molecule has 0 radical (unpaired) electrons. The van der Waals surface area contributed by atoms with Gasteiger partial charge in [0.1, 0.15) is 0 Å². The number of nitrogens with one attached hydrogen (secondary N) is 1. The van der Waals surface area contributed by atoms with E-state index in [2.05, 4.69) is 32.5 Å². The third-order valence-electron chi connectivity index (χ3n) is 5.09. The Labute approximate surface area is 132 Å². The maximum Gasteiger partial charge on any atom is 0.185 e. The molecule has 5 heteroatoms. The van der Waals surface area contributed by atoms with Crippen LogP contribution in [0.5, 0.6) is 0 Å². The average Bonchev–Trinajstić information content (AvgIpc) is 3.03. The Kier molecular flexibility index (Phi) is 5.14. The summed E-state index contributed by atoms with van der Waals surface area (Å²) in [6.07, 6.45) is 8.99. The molecule has 1 saturated heterocycles. The lowest BCUT2D eigenvalue weighted by Crippen LogP contribution is -2.52. The van der Waals surface area contributed by atoms with Crippen LogP contribution < -0.4 is 10.2 Å². The van der Waals surface area contributed by atoms with Crippen LogP contribution in [0.15, 0.2) is 11.6 Å². The van der Waals surface area contributed by atoms with E-state index in [1.807, 2.05) is 6.20 Å². The van der Waals surface area contributed by atoms with Crippen molar-refractivity contribution in [2.75, 3.05) is 51.2 Å². The van der Waals surface area contributed by atoms with Crippen LogP contribution in [0.25, 0.3) is 0 Å². The van der Waals surface area contributed by atoms with Gasteiger partial charge in [0, 0.05) is 50.8 Å². The number of anilines is 1. The second kappa shape index (κ2) is 7.07. The first-order valence-corrected chi connectivity index (χ1v) is 9.21. The normalized spacial score (nSPS) is 23.4. The summed E-state index contributed by atoms with van der Waals surface area (Å²) in [5.74, 6) is 0. The van der Waals surface area contributed by atoms with Crippen LogP contribution in [0.1, 0.15) is 32.1 Å². The van der Waals surface area contributed by atoms with Crippen molar-refractivity contribution in [3.63, 3.8) is 0 Å². The minimum Gasteiger partial charge on any atom is -0.346 e. The summed E-state index contributed by atoms with van der Waals surface area (Å²) in [5, 5.41) is 6.72. The summed E-state index contributed by atoms with van der Waals surface area (Å²) in [6, 6.07) is 0. The van der Waals surface area contributed by atoms with Crippen LogP contribution in [0.4, 0.5) is 5.13 Å². The molecule has 1 aliphatic carbocycles. The first-order valence-electron chi connectivity index (χ1n) is 8.33. The number of aromatic nitrogens is 1. The monoisotopic (exact) mass is 308 g/mol. The zero-order valence-electron chi connectivity index (χ0n) is 13.2. The van der Waals surface area contributed by atoms with Crippen LogP contribution in [-0.2, 0) is 0 Å². The van der Waals surface area contributed by atoms with E-state index in [4.69, 9.17) is 0 Å². The summed E-state index contributed by atoms with van der Waals surface area (Å²) in [7, 11) is 2.11. The maximum atomic E-state index is 4.44. The summed E-state index contributed by atoms with van der Waals surface area (Å²) < 4.78 is 0. The van der Waals surface area contributed by atoms with Crippen molar-refractivity contribution >= 4 is 16.5 Å². The van der Waals surface area contributed by atoms with E-state index in [9.17, 15) is 0 Å². The molecule has 118 valence electrons. The maximum absolute atomic E-state index is 4.44. The van der Waals surface area contributed by atoms with Gasteiger partial charge in [-0.15, -0.1) is 11.3 Å².